The average molecular weight is 781 g/mol. The van der Waals surface area contributed by atoms with Gasteiger partial charge in [-0.2, -0.15) is 0 Å². The highest BCUT2D eigenvalue weighted by molar-refractivity contribution is 8.03. The zero-order valence-electron chi connectivity index (χ0n) is 32.1. The Kier molecular flexibility index (Phi) is 14.1. The molecule has 1 aromatic carbocycles. The number of nitrogens with zero attached hydrogens (tertiary/aromatic N) is 4. The lowest BCUT2D eigenvalue weighted by molar-refractivity contribution is -0.139. The molecule has 56 heavy (non-hydrogen) atoms. The quantitative estimate of drug-likeness (QED) is 0.123. The van der Waals surface area contributed by atoms with Gasteiger partial charge >= 0.3 is 0 Å². The minimum absolute atomic E-state index is 0.103. The highest BCUT2D eigenvalue weighted by Crippen LogP contribution is 2.37. The van der Waals surface area contributed by atoms with E-state index in [-0.39, 0.29) is 31.3 Å². The molecular weight excluding hydrogens is 729 g/mol. The first-order valence-corrected chi connectivity index (χ1v) is 19.9. The van der Waals surface area contributed by atoms with E-state index in [4.69, 9.17) is 21.2 Å². The van der Waals surface area contributed by atoms with Crippen molar-refractivity contribution in [1.82, 2.24) is 40.7 Å². The molecule has 0 saturated heterocycles. The number of amides is 3. The first kappa shape index (κ1) is 40.4. The highest BCUT2D eigenvalue weighted by atomic mass is 32.2. The van der Waals surface area contributed by atoms with Crippen LogP contribution in [0, 0.1) is 0 Å². The van der Waals surface area contributed by atoms with E-state index in [1.54, 1.807) is 32.1 Å². The number of ether oxygens (including phenoxy) is 1. The van der Waals surface area contributed by atoms with Crippen LogP contribution in [0.2, 0.25) is 0 Å². The van der Waals surface area contributed by atoms with Gasteiger partial charge in [-0.05, 0) is 74.2 Å². The van der Waals surface area contributed by atoms with Crippen LogP contribution >= 0.6 is 11.8 Å². The molecule has 296 valence electrons. The van der Waals surface area contributed by atoms with E-state index in [2.05, 4.69) is 43.0 Å². The molecule has 0 radical (unpaired) electrons. The number of hydrogen-bond acceptors (Lipinski definition) is 11. The van der Waals surface area contributed by atoms with Gasteiger partial charge in [0.05, 0.1) is 42.7 Å². The van der Waals surface area contributed by atoms with Gasteiger partial charge in [-0.3, -0.25) is 14.4 Å². The number of carbonyl (C=O) groups is 3. The van der Waals surface area contributed by atoms with Gasteiger partial charge in [0.25, 0.3) is 0 Å². The summed E-state index contributed by atoms with van der Waals surface area (Å²) < 4.78 is 5.40. The van der Waals surface area contributed by atoms with Crippen LogP contribution in [0.25, 0.3) is 22.2 Å². The number of carbonyl (C=O) groups excluding carboxylic acids is 3. The number of rotatable bonds is 11. The minimum Gasteiger partial charge on any atom is -0.481 e. The first-order valence-electron chi connectivity index (χ1n) is 19.1. The number of fused-ring (bicyclic) bond motifs is 2. The predicted molar refractivity (Wildman–Crippen MR) is 219 cm³/mol. The maximum Gasteiger partial charge on any atom is 0.243 e. The van der Waals surface area contributed by atoms with Gasteiger partial charge < -0.3 is 46.9 Å². The molecule has 2 aliphatic heterocycles. The van der Waals surface area contributed by atoms with Crippen LogP contribution in [0.15, 0.2) is 88.6 Å². The molecule has 2 atom stereocenters. The Morgan fingerprint density at radius 3 is 2.61 bits per heavy atom. The summed E-state index contributed by atoms with van der Waals surface area (Å²) >= 11 is 1.59. The summed E-state index contributed by atoms with van der Waals surface area (Å²) in [5.74, 6) is -0.574. The Bertz CT molecular complexity index is 2070. The second-order valence-electron chi connectivity index (χ2n) is 13.9. The number of unbranched alkanes of at least 4 members (excludes halogenated alkanes) is 1. The second-order valence-corrected chi connectivity index (χ2v) is 14.9. The molecule has 5 heterocycles. The number of nitrogens with two attached hydrogens (primary N) is 2. The maximum absolute atomic E-state index is 14.4. The van der Waals surface area contributed by atoms with Crippen LogP contribution in [0.1, 0.15) is 36.9 Å². The number of thioether (sulfide) groups is 1. The average Bonchev–Trinajstić information content (AvgIpc) is 3.64. The number of methoxy groups -OCH3 is 1. The van der Waals surface area contributed by atoms with Crippen molar-refractivity contribution in [1.29, 1.82) is 0 Å². The third-order valence-corrected chi connectivity index (χ3v) is 11.4. The molecule has 15 heteroatoms. The van der Waals surface area contributed by atoms with Crippen LogP contribution in [-0.2, 0) is 27.3 Å². The van der Waals surface area contributed by atoms with Gasteiger partial charge in [0.1, 0.15) is 6.04 Å². The van der Waals surface area contributed by atoms with E-state index >= 15 is 0 Å². The lowest BCUT2D eigenvalue weighted by Gasteiger charge is -2.31. The van der Waals surface area contributed by atoms with Crippen LogP contribution in [0.4, 0.5) is 0 Å². The lowest BCUT2D eigenvalue weighted by atomic mass is 10.0. The summed E-state index contributed by atoms with van der Waals surface area (Å²) in [5.41, 5.74) is 16.8. The number of para-hydroxylation sites is 1. The Morgan fingerprint density at radius 2 is 1.79 bits per heavy atom. The smallest absolute Gasteiger partial charge is 0.243 e. The van der Waals surface area contributed by atoms with E-state index in [9.17, 15) is 14.4 Å². The van der Waals surface area contributed by atoms with Crippen LogP contribution in [0.5, 0.6) is 5.88 Å². The van der Waals surface area contributed by atoms with Gasteiger partial charge in [-0.1, -0.05) is 42.1 Å². The number of aromatic nitrogens is 3. The first-order chi connectivity index (χ1) is 27.3. The third kappa shape index (κ3) is 9.95. The molecule has 3 amide bonds. The number of aromatic amines is 1. The van der Waals surface area contributed by atoms with E-state index in [1.807, 2.05) is 54.7 Å². The van der Waals surface area contributed by atoms with Gasteiger partial charge in [-0.25, -0.2) is 9.97 Å². The molecule has 0 unspecified atom stereocenters. The summed E-state index contributed by atoms with van der Waals surface area (Å²) in [7, 11) is 3.17. The van der Waals surface area contributed by atoms with Crippen molar-refractivity contribution in [2.75, 3.05) is 53.4 Å². The molecule has 0 saturated carbocycles. The maximum atomic E-state index is 14.4. The van der Waals surface area contributed by atoms with Crippen molar-refractivity contribution in [3.8, 4) is 17.1 Å². The number of nitrogens with one attached hydrogen (secondary N) is 4. The van der Waals surface area contributed by atoms with Crippen molar-refractivity contribution in [3.05, 3.63) is 94.9 Å². The zero-order chi connectivity index (χ0) is 39.4. The molecule has 0 fully saturated rings. The van der Waals surface area contributed by atoms with Gasteiger partial charge in [0.2, 0.25) is 23.6 Å². The Balaban J connectivity index is 1.42. The number of H-pyrrole nitrogens is 1. The second kappa shape index (κ2) is 19.6. The SMILES string of the molecule is COc1cc(-c2ccc3c(n2)CNC(=O)[C@H](Cc2c[nH]c4ccccc24)N(C)C(=O)CNC(=O)[C@H](CCCN)NCC2=C(S3)N(CCCCN)CC=C2)ccn1. The molecule has 14 nitrogen and oxygen atoms in total. The molecule has 4 aromatic rings. The van der Waals surface area contributed by atoms with Gasteiger partial charge in [0, 0.05) is 72.9 Å². The van der Waals surface area contributed by atoms with Crippen molar-refractivity contribution in [3.63, 3.8) is 0 Å². The molecule has 3 aromatic heterocycles. The third-order valence-electron chi connectivity index (χ3n) is 10.1. The zero-order valence-corrected chi connectivity index (χ0v) is 32.9. The minimum atomic E-state index is -0.889. The number of benzene rings is 1. The fraction of sp³-hybridized carbons (Fsp3) is 0.390. The lowest BCUT2D eigenvalue weighted by Crippen LogP contribution is -2.53. The fourth-order valence-electron chi connectivity index (χ4n) is 6.91. The van der Waals surface area contributed by atoms with E-state index in [0.29, 0.717) is 56.3 Å². The summed E-state index contributed by atoms with van der Waals surface area (Å²) in [6.45, 7) is 2.78. The van der Waals surface area contributed by atoms with Crippen molar-refractivity contribution < 1.29 is 19.1 Å². The van der Waals surface area contributed by atoms with E-state index in [1.165, 1.54) is 4.90 Å². The Labute approximate surface area is 331 Å². The molecule has 0 bridgehead atoms. The number of pyridine rings is 2. The van der Waals surface area contributed by atoms with Gasteiger partial charge in [0.15, 0.2) is 0 Å². The standard InChI is InChI=1S/C41H52N10O4S/c1-50-35(21-29-24-45-32-11-4-3-10-30(29)32)40(54)47-25-34-36(14-13-31(49-34)27-15-18-44-37(22-27)55-2)56-41-28(9-8-20-51(41)19-6-5-16-42)23-46-33(12-7-17-43)39(53)48-26-38(50)52/h3-4,8-11,13-15,18,22,24,33,35,45-46H,5-7,12,16-17,19-21,23,25-26,42-43H2,1-2H3,(H,47,54)(H,48,53)/t33-,35-/m0/s1. The predicted octanol–water partition coefficient (Wildman–Crippen LogP) is 3.06. The topological polar surface area (TPSA) is 197 Å². The normalized spacial score (nSPS) is 18.7. The largest absolute Gasteiger partial charge is 0.481 e. The fourth-order valence-corrected chi connectivity index (χ4v) is 8.05. The monoisotopic (exact) mass is 780 g/mol. The van der Waals surface area contributed by atoms with Crippen LogP contribution in [0.3, 0.4) is 0 Å². The van der Waals surface area contributed by atoms with Crippen molar-refractivity contribution in [2.24, 2.45) is 11.5 Å². The van der Waals surface area contributed by atoms with E-state index < -0.39 is 18.0 Å². The van der Waals surface area contributed by atoms with Crippen molar-refractivity contribution >= 4 is 40.4 Å². The van der Waals surface area contributed by atoms with Crippen molar-refractivity contribution in [2.45, 2.75) is 55.6 Å². The molecule has 0 aliphatic carbocycles. The molecule has 8 N–H and O–H groups in total. The molecular formula is C41H52N10O4S. The summed E-state index contributed by atoms with van der Waals surface area (Å²) in [4.78, 5) is 59.1. The number of hydrogen-bond donors (Lipinski definition) is 6. The number of likely N-dealkylation sites (N-methyl/N-ethyl adjacent to an activating group) is 1. The summed E-state index contributed by atoms with van der Waals surface area (Å²) in [6.07, 6.45) is 10.9. The Morgan fingerprint density at radius 1 is 0.964 bits per heavy atom. The molecule has 2 aliphatic rings. The van der Waals surface area contributed by atoms with Gasteiger partial charge in [-0.15, -0.1) is 0 Å². The van der Waals surface area contributed by atoms with Crippen LogP contribution < -0.4 is 32.2 Å². The van der Waals surface area contributed by atoms with E-state index in [0.717, 1.165) is 56.9 Å². The summed E-state index contributed by atoms with van der Waals surface area (Å²) in [6, 6.07) is 14.0. The molecule has 6 rings (SSSR count). The summed E-state index contributed by atoms with van der Waals surface area (Å²) in [5, 5.41) is 11.4. The van der Waals surface area contributed by atoms with Crippen LogP contribution in [-0.4, -0.2) is 108 Å². The highest BCUT2D eigenvalue weighted by Gasteiger charge is 2.30. The molecule has 0 spiro atoms. The Hall–Kier alpha value is -5.22.